The maximum atomic E-state index is 13.6. The Morgan fingerprint density at radius 1 is 1.23 bits per heavy atom. The normalized spacial score (nSPS) is 14.6. The van der Waals surface area contributed by atoms with Crippen molar-refractivity contribution in [3.8, 4) is 5.75 Å². The molecule has 3 rings (SSSR count). The number of Topliss-reactive ketones (excluding diaryl/α,β-unsaturated/α-hetero) is 1. The van der Waals surface area contributed by atoms with Gasteiger partial charge in [0, 0.05) is 5.56 Å². The van der Waals surface area contributed by atoms with Crippen LogP contribution in [0.15, 0.2) is 48.2 Å². The summed E-state index contributed by atoms with van der Waals surface area (Å²) in [5.74, 6) is -1.04. The van der Waals surface area contributed by atoms with E-state index in [1.165, 1.54) is 37.5 Å². The van der Waals surface area contributed by atoms with Gasteiger partial charge in [0.05, 0.1) is 18.2 Å². The molecule has 0 fully saturated rings. The van der Waals surface area contributed by atoms with Crippen molar-refractivity contribution in [2.45, 2.75) is 0 Å². The number of hydrogen-bond acceptors (Lipinski definition) is 4. The summed E-state index contributed by atoms with van der Waals surface area (Å²) in [4.78, 5) is 23.8. The minimum absolute atomic E-state index is 0.0158. The van der Waals surface area contributed by atoms with Crippen LogP contribution in [0.25, 0.3) is 6.08 Å². The number of halogens is 1. The minimum Gasteiger partial charge on any atom is -0.465 e. The fraction of sp³-hybridized carbons (Fsp3) is 0.0588. The van der Waals surface area contributed by atoms with Crippen LogP contribution in [0, 0.1) is 5.82 Å². The topological polar surface area (TPSA) is 52.6 Å². The Hall–Kier alpha value is -2.95. The molecule has 0 saturated carbocycles. The molecule has 0 bridgehead atoms. The Kier molecular flexibility index (Phi) is 3.47. The first kappa shape index (κ1) is 14.0. The molecule has 5 heteroatoms. The molecule has 0 unspecified atom stereocenters. The number of carbonyl (C=O) groups excluding carboxylic acids is 2. The van der Waals surface area contributed by atoms with Gasteiger partial charge in [-0.2, -0.15) is 0 Å². The zero-order valence-corrected chi connectivity index (χ0v) is 11.6. The smallest absolute Gasteiger partial charge is 0.337 e. The van der Waals surface area contributed by atoms with Gasteiger partial charge in [-0.3, -0.25) is 4.79 Å². The highest BCUT2D eigenvalue weighted by molar-refractivity contribution is 6.15. The second kappa shape index (κ2) is 5.44. The number of ketones is 1. The molecule has 1 heterocycles. The number of esters is 1. The van der Waals surface area contributed by atoms with E-state index in [2.05, 4.69) is 4.74 Å². The average Bonchev–Trinajstić information content (AvgIpc) is 2.84. The molecule has 0 saturated heterocycles. The molecule has 4 nitrogen and oxygen atoms in total. The third-order valence-electron chi connectivity index (χ3n) is 3.28. The predicted molar refractivity (Wildman–Crippen MR) is 77.1 cm³/mol. The molecule has 2 aromatic carbocycles. The van der Waals surface area contributed by atoms with Gasteiger partial charge in [0.1, 0.15) is 11.6 Å². The highest BCUT2D eigenvalue weighted by atomic mass is 19.1. The molecule has 0 atom stereocenters. The number of ether oxygens (including phenoxy) is 2. The SMILES string of the molecule is COC(=O)c1ccc2c(c1)C(=O)C(=Cc1ccccc1F)O2. The summed E-state index contributed by atoms with van der Waals surface area (Å²) in [6.45, 7) is 0. The third kappa shape index (κ3) is 2.37. The summed E-state index contributed by atoms with van der Waals surface area (Å²) < 4.78 is 23.7. The van der Waals surface area contributed by atoms with Crippen LogP contribution in [-0.4, -0.2) is 18.9 Å². The van der Waals surface area contributed by atoms with E-state index in [0.717, 1.165) is 0 Å². The van der Waals surface area contributed by atoms with Crippen molar-refractivity contribution in [3.05, 3.63) is 70.7 Å². The Bertz CT molecular complexity index is 808. The summed E-state index contributed by atoms with van der Waals surface area (Å²) in [7, 11) is 1.26. The Labute approximate surface area is 125 Å². The van der Waals surface area contributed by atoms with E-state index in [9.17, 15) is 14.0 Å². The largest absolute Gasteiger partial charge is 0.465 e. The van der Waals surface area contributed by atoms with Crippen LogP contribution >= 0.6 is 0 Å². The summed E-state index contributed by atoms with van der Waals surface area (Å²) in [5, 5.41) is 0. The average molecular weight is 298 g/mol. The zero-order chi connectivity index (χ0) is 15.7. The number of fused-ring (bicyclic) bond motifs is 1. The summed E-state index contributed by atoms with van der Waals surface area (Å²) >= 11 is 0. The zero-order valence-electron chi connectivity index (χ0n) is 11.6. The molecular formula is C17H11FO4. The van der Waals surface area contributed by atoms with Crippen LogP contribution in [0.4, 0.5) is 4.39 Å². The van der Waals surface area contributed by atoms with Gasteiger partial charge in [0.15, 0.2) is 5.76 Å². The Morgan fingerprint density at radius 3 is 2.73 bits per heavy atom. The fourth-order valence-corrected chi connectivity index (χ4v) is 2.17. The number of methoxy groups -OCH3 is 1. The second-order valence-corrected chi connectivity index (χ2v) is 4.66. The van der Waals surface area contributed by atoms with Crippen molar-refractivity contribution < 1.29 is 23.5 Å². The number of allylic oxidation sites excluding steroid dienone is 1. The first-order valence-electron chi connectivity index (χ1n) is 6.51. The third-order valence-corrected chi connectivity index (χ3v) is 3.28. The molecule has 0 aliphatic carbocycles. The van der Waals surface area contributed by atoms with E-state index < -0.39 is 17.6 Å². The predicted octanol–water partition coefficient (Wildman–Crippen LogP) is 3.23. The van der Waals surface area contributed by atoms with Crippen molar-refractivity contribution >= 4 is 17.8 Å². The number of hydrogen-bond donors (Lipinski definition) is 0. The highest BCUT2D eigenvalue weighted by Gasteiger charge is 2.28. The van der Waals surface area contributed by atoms with Crippen LogP contribution in [0.5, 0.6) is 5.75 Å². The lowest BCUT2D eigenvalue weighted by Crippen LogP contribution is -2.03. The van der Waals surface area contributed by atoms with E-state index in [1.807, 2.05) is 0 Å². The van der Waals surface area contributed by atoms with Crippen LogP contribution in [0.2, 0.25) is 0 Å². The van der Waals surface area contributed by atoms with Gasteiger partial charge in [0.25, 0.3) is 0 Å². The van der Waals surface area contributed by atoms with Gasteiger partial charge in [0.2, 0.25) is 5.78 Å². The molecule has 0 N–H and O–H groups in total. The van der Waals surface area contributed by atoms with Crippen LogP contribution in [0.3, 0.4) is 0 Å². The lowest BCUT2D eigenvalue weighted by atomic mass is 10.1. The lowest BCUT2D eigenvalue weighted by molar-refractivity contribution is 0.0600. The highest BCUT2D eigenvalue weighted by Crippen LogP contribution is 2.32. The van der Waals surface area contributed by atoms with Crippen LogP contribution < -0.4 is 4.74 Å². The minimum atomic E-state index is -0.540. The van der Waals surface area contributed by atoms with Gasteiger partial charge in [-0.05, 0) is 30.3 Å². The molecule has 22 heavy (non-hydrogen) atoms. The van der Waals surface area contributed by atoms with Crippen molar-refractivity contribution in [1.29, 1.82) is 0 Å². The molecule has 110 valence electrons. The van der Waals surface area contributed by atoms with Gasteiger partial charge >= 0.3 is 5.97 Å². The standard InChI is InChI=1S/C17H11FO4/c1-21-17(20)11-6-7-14-12(8-11)16(19)15(22-14)9-10-4-2-3-5-13(10)18/h2-9H,1H3. The molecule has 1 aliphatic rings. The van der Waals surface area contributed by atoms with Crippen LogP contribution in [0.1, 0.15) is 26.3 Å². The molecule has 2 aromatic rings. The van der Waals surface area contributed by atoms with Crippen molar-refractivity contribution in [3.63, 3.8) is 0 Å². The van der Waals surface area contributed by atoms with Gasteiger partial charge in [-0.15, -0.1) is 0 Å². The van der Waals surface area contributed by atoms with E-state index >= 15 is 0 Å². The molecule has 0 radical (unpaired) electrons. The first-order chi connectivity index (χ1) is 10.6. The molecule has 0 spiro atoms. The monoisotopic (exact) mass is 298 g/mol. The Morgan fingerprint density at radius 2 is 2.00 bits per heavy atom. The Balaban J connectivity index is 1.98. The van der Waals surface area contributed by atoms with E-state index in [1.54, 1.807) is 18.2 Å². The quantitative estimate of drug-likeness (QED) is 0.631. The number of rotatable bonds is 2. The fourth-order valence-electron chi connectivity index (χ4n) is 2.17. The molecular weight excluding hydrogens is 287 g/mol. The summed E-state index contributed by atoms with van der Waals surface area (Å²) in [5.41, 5.74) is 0.766. The van der Waals surface area contributed by atoms with E-state index in [-0.39, 0.29) is 22.4 Å². The second-order valence-electron chi connectivity index (χ2n) is 4.66. The first-order valence-corrected chi connectivity index (χ1v) is 6.51. The van der Waals surface area contributed by atoms with Crippen molar-refractivity contribution in [2.24, 2.45) is 0 Å². The number of benzene rings is 2. The summed E-state index contributed by atoms with van der Waals surface area (Å²) in [6, 6.07) is 10.5. The maximum absolute atomic E-state index is 13.6. The van der Waals surface area contributed by atoms with E-state index in [0.29, 0.717) is 5.75 Å². The van der Waals surface area contributed by atoms with Gasteiger partial charge in [-0.25, -0.2) is 9.18 Å². The molecule has 0 amide bonds. The van der Waals surface area contributed by atoms with Crippen LogP contribution in [-0.2, 0) is 4.74 Å². The maximum Gasteiger partial charge on any atom is 0.337 e. The summed E-state index contributed by atoms with van der Waals surface area (Å²) in [6.07, 6.45) is 1.34. The lowest BCUT2D eigenvalue weighted by Gasteiger charge is -2.00. The van der Waals surface area contributed by atoms with Gasteiger partial charge in [-0.1, -0.05) is 18.2 Å². The van der Waals surface area contributed by atoms with E-state index in [4.69, 9.17) is 4.74 Å². The molecule has 0 aromatic heterocycles. The molecule has 1 aliphatic heterocycles. The van der Waals surface area contributed by atoms with Crippen molar-refractivity contribution in [2.75, 3.05) is 7.11 Å². The van der Waals surface area contributed by atoms with Gasteiger partial charge < -0.3 is 9.47 Å². The van der Waals surface area contributed by atoms with Crippen molar-refractivity contribution in [1.82, 2.24) is 0 Å². The number of carbonyl (C=O) groups is 2.